The lowest BCUT2D eigenvalue weighted by atomic mass is 9.64. The van der Waals surface area contributed by atoms with Gasteiger partial charge in [-0.05, 0) is 40.4 Å². The number of fused-ring (bicyclic) bond motifs is 1. The molecule has 0 radical (unpaired) electrons. The lowest BCUT2D eigenvalue weighted by Crippen LogP contribution is -2.42. The van der Waals surface area contributed by atoms with Crippen LogP contribution in [0.15, 0.2) is 28.9 Å². The number of carbonyl (C=O) groups is 1. The third kappa shape index (κ3) is 1.38. The third-order valence-corrected chi connectivity index (χ3v) is 4.70. The molecular weight excluding hydrogens is 294 g/mol. The van der Waals surface area contributed by atoms with Gasteiger partial charge in [0.2, 0.25) is 0 Å². The molecule has 1 aliphatic rings. The van der Waals surface area contributed by atoms with Gasteiger partial charge in [0.25, 0.3) is 0 Å². The van der Waals surface area contributed by atoms with Gasteiger partial charge in [-0.15, -0.1) is 0 Å². The zero-order valence-electron chi connectivity index (χ0n) is 10.1. The minimum Gasteiger partial charge on any atom is -0.481 e. The minimum atomic E-state index is -0.697. The molecule has 1 fully saturated rings. The molecule has 1 N–H and O–H groups in total. The summed E-state index contributed by atoms with van der Waals surface area (Å²) < 4.78 is 3.00. The van der Waals surface area contributed by atoms with Crippen molar-refractivity contribution in [3.05, 3.63) is 34.4 Å². The van der Waals surface area contributed by atoms with Crippen LogP contribution in [0.25, 0.3) is 10.9 Å². The molecule has 4 heteroatoms. The van der Waals surface area contributed by atoms with Crippen molar-refractivity contribution in [3.8, 4) is 0 Å². The van der Waals surface area contributed by atoms with Crippen molar-refractivity contribution >= 4 is 32.8 Å². The molecule has 3 rings (SSSR count). The number of aliphatic carboxylic acids is 1. The van der Waals surface area contributed by atoms with Crippen molar-refractivity contribution in [2.45, 2.75) is 24.7 Å². The fourth-order valence-electron chi connectivity index (χ4n) is 2.92. The van der Waals surface area contributed by atoms with Crippen LogP contribution in [-0.4, -0.2) is 15.6 Å². The average molecular weight is 308 g/mol. The van der Waals surface area contributed by atoms with E-state index in [1.165, 1.54) is 0 Å². The maximum atomic E-state index is 11.6. The smallest absolute Gasteiger partial charge is 0.314 e. The Kier molecular flexibility index (Phi) is 2.52. The molecular formula is C14H14BrNO2. The summed E-state index contributed by atoms with van der Waals surface area (Å²) in [6, 6.07) is 5.94. The molecule has 1 aromatic carbocycles. The van der Waals surface area contributed by atoms with Gasteiger partial charge in [0, 0.05) is 28.6 Å². The standard InChI is InChI=1S/C14H14BrNO2/c1-16-8-10(15)12-9(4-2-5-11(12)16)14(13(17)18)6-3-7-14/h2,4-5,8H,3,6-7H2,1H3,(H,17,18). The summed E-state index contributed by atoms with van der Waals surface area (Å²) in [6.45, 7) is 0. The summed E-state index contributed by atoms with van der Waals surface area (Å²) in [5, 5.41) is 10.6. The molecule has 1 heterocycles. The van der Waals surface area contributed by atoms with Crippen molar-refractivity contribution in [1.29, 1.82) is 0 Å². The molecule has 3 nitrogen and oxygen atoms in total. The Hall–Kier alpha value is -1.29. The number of carboxylic acids is 1. The highest BCUT2D eigenvalue weighted by molar-refractivity contribution is 9.10. The van der Waals surface area contributed by atoms with E-state index in [1.807, 2.05) is 36.0 Å². The van der Waals surface area contributed by atoms with Crippen molar-refractivity contribution in [2.24, 2.45) is 7.05 Å². The van der Waals surface area contributed by atoms with Crippen LogP contribution < -0.4 is 0 Å². The summed E-state index contributed by atoms with van der Waals surface area (Å²) in [5.41, 5.74) is 1.35. The summed E-state index contributed by atoms with van der Waals surface area (Å²) in [5.74, 6) is -0.697. The van der Waals surface area contributed by atoms with Crippen LogP contribution in [0.5, 0.6) is 0 Å². The van der Waals surface area contributed by atoms with E-state index in [0.29, 0.717) is 0 Å². The molecule has 0 saturated heterocycles. The van der Waals surface area contributed by atoms with E-state index in [0.717, 1.165) is 40.2 Å². The van der Waals surface area contributed by atoms with E-state index in [-0.39, 0.29) is 0 Å². The molecule has 0 unspecified atom stereocenters. The maximum absolute atomic E-state index is 11.6. The predicted molar refractivity (Wildman–Crippen MR) is 73.8 cm³/mol. The number of aryl methyl sites for hydroxylation is 1. The van der Waals surface area contributed by atoms with Crippen LogP contribution in [0, 0.1) is 0 Å². The van der Waals surface area contributed by atoms with Gasteiger partial charge in [-0.1, -0.05) is 18.6 Å². The van der Waals surface area contributed by atoms with Crippen LogP contribution in [0.2, 0.25) is 0 Å². The number of rotatable bonds is 2. The predicted octanol–water partition coefficient (Wildman–Crippen LogP) is 3.45. The van der Waals surface area contributed by atoms with Crippen molar-refractivity contribution in [3.63, 3.8) is 0 Å². The van der Waals surface area contributed by atoms with Crippen LogP contribution >= 0.6 is 15.9 Å². The van der Waals surface area contributed by atoms with E-state index in [9.17, 15) is 9.90 Å². The molecule has 18 heavy (non-hydrogen) atoms. The highest BCUT2D eigenvalue weighted by atomic mass is 79.9. The number of halogens is 1. The molecule has 1 aromatic heterocycles. The second kappa shape index (κ2) is 3.85. The van der Waals surface area contributed by atoms with Gasteiger partial charge in [0.05, 0.1) is 5.41 Å². The zero-order valence-corrected chi connectivity index (χ0v) is 11.7. The third-order valence-electron chi connectivity index (χ3n) is 4.10. The minimum absolute atomic E-state index is 0.677. The first kappa shape index (κ1) is 11.8. The molecule has 94 valence electrons. The Morgan fingerprint density at radius 3 is 2.72 bits per heavy atom. The number of hydrogen-bond acceptors (Lipinski definition) is 1. The molecule has 2 aromatic rings. The first-order valence-electron chi connectivity index (χ1n) is 6.04. The van der Waals surface area contributed by atoms with Gasteiger partial charge < -0.3 is 9.67 Å². The number of carboxylic acid groups (broad SMARTS) is 1. The van der Waals surface area contributed by atoms with Gasteiger partial charge in [-0.3, -0.25) is 4.79 Å². The zero-order chi connectivity index (χ0) is 12.9. The summed E-state index contributed by atoms with van der Waals surface area (Å²) in [6.07, 6.45) is 4.46. The van der Waals surface area contributed by atoms with Crippen molar-refractivity contribution in [1.82, 2.24) is 4.57 Å². The van der Waals surface area contributed by atoms with Crippen molar-refractivity contribution in [2.75, 3.05) is 0 Å². The van der Waals surface area contributed by atoms with E-state index in [2.05, 4.69) is 15.9 Å². The van der Waals surface area contributed by atoms with E-state index in [4.69, 9.17) is 0 Å². The Morgan fingerprint density at radius 2 is 2.17 bits per heavy atom. The van der Waals surface area contributed by atoms with Gasteiger partial charge in [-0.2, -0.15) is 0 Å². The molecule has 0 amide bonds. The number of aromatic nitrogens is 1. The maximum Gasteiger partial charge on any atom is 0.314 e. The molecule has 0 spiro atoms. The number of hydrogen-bond donors (Lipinski definition) is 1. The van der Waals surface area contributed by atoms with Gasteiger partial charge in [-0.25, -0.2) is 0 Å². The normalized spacial score (nSPS) is 17.7. The lowest BCUT2D eigenvalue weighted by Gasteiger charge is -2.38. The Bertz CT molecular complexity index is 641. The largest absolute Gasteiger partial charge is 0.481 e. The fourth-order valence-corrected chi connectivity index (χ4v) is 3.64. The van der Waals surface area contributed by atoms with Crippen LogP contribution in [0.1, 0.15) is 24.8 Å². The van der Waals surface area contributed by atoms with E-state index >= 15 is 0 Å². The quantitative estimate of drug-likeness (QED) is 0.923. The van der Waals surface area contributed by atoms with Crippen LogP contribution in [0.4, 0.5) is 0 Å². The Morgan fingerprint density at radius 1 is 1.44 bits per heavy atom. The summed E-state index contributed by atoms with van der Waals surface area (Å²) in [7, 11) is 1.98. The molecule has 0 aliphatic heterocycles. The first-order valence-corrected chi connectivity index (χ1v) is 6.83. The average Bonchev–Trinajstić information content (AvgIpc) is 2.53. The highest BCUT2D eigenvalue weighted by Crippen LogP contribution is 2.47. The topological polar surface area (TPSA) is 42.2 Å². The van der Waals surface area contributed by atoms with Crippen LogP contribution in [-0.2, 0) is 17.3 Å². The SMILES string of the molecule is Cn1cc(Br)c2c(C3(C(=O)O)CCC3)cccc21. The monoisotopic (exact) mass is 307 g/mol. The second-order valence-corrected chi connectivity index (χ2v) is 5.88. The summed E-state index contributed by atoms with van der Waals surface area (Å²) in [4.78, 5) is 11.6. The number of benzene rings is 1. The van der Waals surface area contributed by atoms with E-state index in [1.54, 1.807) is 0 Å². The van der Waals surface area contributed by atoms with Gasteiger partial charge >= 0.3 is 5.97 Å². The Labute approximate surface area is 114 Å². The Balaban J connectivity index is 2.33. The molecule has 1 saturated carbocycles. The molecule has 1 aliphatic carbocycles. The fraction of sp³-hybridized carbons (Fsp3) is 0.357. The van der Waals surface area contributed by atoms with Gasteiger partial charge in [0.1, 0.15) is 0 Å². The molecule has 0 bridgehead atoms. The number of nitrogens with zero attached hydrogens (tertiary/aromatic N) is 1. The van der Waals surface area contributed by atoms with Crippen molar-refractivity contribution < 1.29 is 9.90 Å². The van der Waals surface area contributed by atoms with Gasteiger partial charge in [0.15, 0.2) is 0 Å². The highest BCUT2D eigenvalue weighted by Gasteiger charge is 2.47. The first-order chi connectivity index (χ1) is 8.56. The lowest BCUT2D eigenvalue weighted by molar-refractivity contribution is -0.147. The summed E-state index contributed by atoms with van der Waals surface area (Å²) >= 11 is 3.55. The van der Waals surface area contributed by atoms with E-state index < -0.39 is 11.4 Å². The van der Waals surface area contributed by atoms with Crippen LogP contribution in [0.3, 0.4) is 0 Å². The second-order valence-electron chi connectivity index (χ2n) is 5.03. The molecule has 0 atom stereocenters.